The van der Waals surface area contributed by atoms with Crippen LogP contribution in [0.3, 0.4) is 0 Å². The minimum atomic E-state index is -0.170. The van der Waals surface area contributed by atoms with Gasteiger partial charge in [-0.2, -0.15) is 0 Å². The van der Waals surface area contributed by atoms with Crippen LogP contribution in [0.25, 0.3) is 0 Å². The van der Waals surface area contributed by atoms with E-state index in [0.29, 0.717) is 12.5 Å². The Balaban J connectivity index is 3.59. The lowest BCUT2D eigenvalue weighted by Gasteiger charge is -2.17. The maximum atomic E-state index is 10.6. The molecule has 0 aromatic rings. The van der Waals surface area contributed by atoms with Crippen molar-refractivity contribution in [2.75, 3.05) is 6.61 Å². The van der Waals surface area contributed by atoms with E-state index in [9.17, 15) is 4.79 Å². The molecule has 13 heavy (non-hydrogen) atoms. The second-order valence-corrected chi connectivity index (χ2v) is 3.83. The summed E-state index contributed by atoms with van der Waals surface area (Å²) < 4.78 is 4.95. The fourth-order valence-electron chi connectivity index (χ4n) is 1.52. The molecule has 1 atom stereocenters. The van der Waals surface area contributed by atoms with Crippen LogP contribution in [0.15, 0.2) is 0 Å². The van der Waals surface area contributed by atoms with Gasteiger partial charge in [0, 0.05) is 6.92 Å². The molecule has 0 radical (unpaired) electrons. The zero-order chi connectivity index (χ0) is 10.3. The summed E-state index contributed by atoms with van der Waals surface area (Å²) in [6, 6.07) is 0. The molecule has 0 amide bonds. The van der Waals surface area contributed by atoms with Gasteiger partial charge in [-0.05, 0) is 18.3 Å². The Morgan fingerprint density at radius 1 is 1.31 bits per heavy atom. The molecule has 0 rings (SSSR count). The van der Waals surface area contributed by atoms with Crippen molar-refractivity contribution in [2.45, 2.75) is 47.0 Å². The number of hydrogen-bond donors (Lipinski definition) is 0. The summed E-state index contributed by atoms with van der Waals surface area (Å²) in [5.41, 5.74) is 0. The molecule has 0 aromatic heterocycles. The first kappa shape index (κ1) is 12.5. The summed E-state index contributed by atoms with van der Waals surface area (Å²) in [5, 5.41) is 0. The normalized spacial score (nSPS) is 13.0. The van der Waals surface area contributed by atoms with E-state index in [0.717, 1.165) is 5.92 Å². The minimum absolute atomic E-state index is 0.170. The van der Waals surface area contributed by atoms with E-state index in [4.69, 9.17) is 4.74 Å². The molecular formula is C11H22O2. The van der Waals surface area contributed by atoms with Gasteiger partial charge in [0.1, 0.15) is 0 Å². The van der Waals surface area contributed by atoms with Crippen molar-refractivity contribution in [3.63, 3.8) is 0 Å². The van der Waals surface area contributed by atoms with Gasteiger partial charge < -0.3 is 4.74 Å². The number of rotatable bonds is 6. The highest BCUT2D eigenvalue weighted by atomic mass is 16.5. The van der Waals surface area contributed by atoms with Gasteiger partial charge in [0.2, 0.25) is 0 Å². The van der Waals surface area contributed by atoms with Crippen LogP contribution >= 0.6 is 0 Å². The number of ether oxygens (including phenoxy) is 1. The van der Waals surface area contributed by atoms with Crippen molar-refractivity contribution in [1.29, 1.82) is 0 Å². The van der Waals surface area contributed by atoms with E-state index in [1.54, 1.807) is 0 Å². The van der Waals surface area contributed by atoms with Crippen molar-refractivity contribution in [3.05, 3.63) is 0 Å². The molecule has 78 valence electrons. The lowest BCUT2D eigenvalue weighted by molar-refractivity contribution is -0.142. The van der Waals surface area contributed by atoms with E-state index < -0.39 is 0 Å². The van der Waals surface area contributed by atoms with Crippen molar-refractivity contribution < 1.29 is 9.53 Å². The van der Waals surface area contributed by atoms with Gasteiger partial charge in [-0.15, -0.1) is 0 Å². The second kappa shape index (κ2) is 6.93. The molecule has 0 aromatic carbocycles. The van der Waals surface area contributed by atoms with Crippen molar-refractivity contribution in [2.24, 2.45) is 11.8 Å². The van der Waals surface area contributed by atoms with Gasteiger partial charge >= 0.3 is 5.97 Å². The van der Waals surface area contributed by atoms with Crippen LogP contribution in [-0.2, 0) is 9.53 Å². The van der Waals surface area contributed by atoms with Gasteiger partial charge in [-0.1, -0.05) is 33.6 Å². The average Bonchev–Trinajstić information content (AvgIpc) is 2.10. The molecule has 2 nitrogen and oxygen atoms in total. The Morgan fingerprint density at radius 2 is 1.85 bits per heavy atom. The third-order valence-corrected chi connectivity index (χ3v) is 2.46. The maximum Gasteiger partial charge on any atom is 0.302 e. The second-order valence-electron chi connectivity index (χ2n) is 3.83. The quantitative estimate of drug-likeness (QED) is 0.596. The molecule has 0 N–H and O–H groups in total. The summed E-state index contributed by atoms with van der Waals surface area (Å²) in [7, 11) is 0. The Morgan fingerprint density at radius 3 is 2.23 bits per heavy atom. The number of esters is 1. The molecule has 2 heteroatoms. The van der Waals surface area contributed by atoms with Gasteiger partial charge in [0.15, 0.2) is 0 Å². The lowest BCUT2D eigenvalue weighted by atomic mass is 9.92. The van der Waals surface area contributed by atoms with Crippen LogP contribution in [0, 0.1) is 11.8 Å². The third kappa shape index (κ3) is 6.62. The van der Waals surface area contributed by atoms with Crippen LogP contribution in [-0.4, -0.2) is 12.6 Å². The van der Waals surface area contributed by atoms with Crippen LogP contribution in [0.1, 0.15) is 47.0 Å². The van der Waals surface area contributed by atoms with E-state index >= 15 is 0 Å². The summed E-state index contributed by atoms with van der Waals surface area (Å²) in [4.78, 5) is 10.6. The molecule has 0 fully saturated rings. The first-order chi connectivity index (χ1) is 6.10. The SMILES string of the molecule is CCC(CC)CC(C)COC(C)=O. The van der Waals surface area contributed by atoms with E-state index in [-0.39, 0.29) is 5.97 Å². The predicted octanol–water partition coefficient (Wildman–Crippen LogP) is 3.01. The molecule has 0 saturated heterocycles. The van der Waals surface area contributed by atoms with Gasteiger partial charge in [0.25, 0.3) is 0 Å². The maximum absolute atomic E-state index is 10.6. The third-order valence-electron chi connectivity index (χ3n) is 2.46. The number of hydrogen-bond acceptors (Lipinski definition) is 2. The highest BCUT2D eigenvalue weighted by Crippen LogP contribution is 2.18. The lowest BCUT2D eigenvalue weighted by Crippen LogP contribution is -2.13. The minimum Gasteiger partial charge on any atom is -0.466 e. The molecule has 0 saturated carbocycles. The van der Waals surface area contributed by atoms with Crippen molar-refractivity contribution >= 4 is 5.97 Å². The van der Waals surface area contributed by atoms with Gasteiger partial charge in [-0.3, -0.25) is 4.79 Å². The molecular weight excluding hydrogens is 164 g/mol. The van der Waals surface area contributed by atoms with Crippen molar-refractivity contribution in [3.8, 4) is 0 Å². The molecule has 0 aliphatic rings. The average molecular weight is 186 g/mol. The fourth-order valence-corrected chi connectivity index (χ4v) is 1.52. The highest BCUT2D eigenvalue weighted by molar-refractivity contribution is 5.65. The molecule has 0 aliphatic heterocycles. The Hall–Kier alpha value is -0.530. The van der Waals surface area contributed by atoms with Crippen LogP contribution in [0.2, 0.25) is 0 Å². The predicted molar refractivity (Wildman–Crippen MR) is 54.5 cm³/mol. The van der Waals surface area contributed by atoms with Crippen molar-refractivity contribution in [1.82, 2.24) is 0 Å². The van der Waals surface area contributed by atoms with Gasteiger partial charge in [0.05, 0.1) is 6.61 Å². The van der Waals surface area contributed by atoms with Crippen LogP contribution in [0.5, 0.6) is 0 Å². The molecule has 0 heterocycles. The molecule has 0 bridgehead atoms. The fraction of sp³-hybridized carbons (Fsp3) is 0.909. The topological polar surface area (TPSA) is 26.3 Å². The Kier molecular flexibility index (Phi) is 6.65. The first-order valence-corrected chi connectivity index (χ1v) is 5.23. The standard InChI is InChI=1S/C11H22O2/c1-5-11(6-2)7-9(3)8-13-10(4)12/h9,11H,5-8H2,1-4H3. The molecule has 0 spiro atoms. The smallest absolute Gasteiger partial charge is 0.302 e. The molecule has 0 aliphatic carbocycles. The van der Waals surface area contributed by atoms with E-state index in [1.807, 2.05) is 0 Å². The summed E-state index contributed by atoms with van der Waals surface area (Å²) in [6.07, 6.45) is 3.61. The van der Waals surface area contributed by atoms with Crippen LogP contribution in [0.4, 0.5) is 0 Å². The summed E-state index contributed by atoms with van der Waals surface area (Å²) in [5.74, 6) is 1.11. The Bertz CT molecular complexity index is 139. The summed E-state index contributed by atoms with van der Waals surface area (Å²) in [6.45, 7) is 8.61. The number of carbonyl (C=O) groups excluding carboxylic acids is 1. The monoisotopic (exact) mass is 186 g/mol. The number of carbonyl (C=O) groups is 1. The molecule has 1 unspecified atom stereocenters. The summed E-state index contributed by atoms with van der Waals surface area (Å²) >= 11 is 0. The Labute approximate surface area is 81.7 Å². The van der Waals surface area contributed by atoms with E-state index in [1.165, 1.54) is 26.2 Å². The first-order valence-electron chi connectivity index (χ1n) is 5.23. The zero-order valence-corrected chi connectivity index (χ0v) is 9.30. The van der Waals surface area contributed by atoms with Gasteiger partial charge in [-0.25, -0.2) is 0 Å². The van der Waals surface area contributed by atoms with Crippen LogP contribution < -0.4 is 0 Å². The largest absolute Gasteiger partial charge is 0.466 e. The zero-order valence-electron chi connectivity index (χ0n) is 9.30. The highest BCUT2D eigenvalue weighted by Gasteiger charge is 2.10. The van der Waals surface area contributed by atoms with E-state index in [2.05, 4.69) is 20.8 Å².